The molecule has 24 heavy (non-hydrogen) atoms. The standard InChI is InChI=1S/C16H13ClFN3O2S/c17-14-7-4-8-15(16(14)18)24(22,23)19-11-12-9-10-21(20-12)13-5-2-1-3-6-13/h1-10,19H,11H2. The Labute approximate surface area is 143 Å². The van der Waals surface area contributed by atoms with Crippen molar-refractivity contribution in [2.75, 3.05) is 0 Å². The Balaban J connectivity index is 1.76. The lowest BCUT2D eigenvalue weighted by atomic mass is 10.3. The van der Waals surface area contributed by atoms with Crippen molar-refractivity contribution in [3.63, 3.8) is 0 Å². The van der Waals surface area contributed by atoms with E-state index < -0.39 is 20.7 Å². The van der Waals surface area contributed by atoms with Crippen LogP contribution in [0.4, 0.5) is 4.39 Å². The van der Waals surface area contributed by atoms with Gasteiger partial charge in [0.15, 0.2) is 5.82 Å². The van der Waals surface area contributed by atoms with Crippen molar-refractivity contribution in [2.45, 2.75) is 11.4 Å². The van der Waals surface area contributed by atoms with Gasteiger partial charge < -0.3 is 0 Å². The molecule has 0 aliphatic rings. The Bertz CT molecular complexity index is 958. The number of sulfonamides is 1. The summed E-state index contributed by atoms with van der Waals surface area (Å²) in [4.78, 5) is -0.488. The van der Waals surface area contributed by atoms with Crippen LogP contribution in [-0.2, 0) is 16.6 Å². The van der Waals surface area contributed by atoms with E-state index in [1.807, 2.05) is 30.3 Å². The van der Waals surface area contributed by atoms with Crippen molar-refractivity contribution in [1.82, 2.24) is 14.5 Å². The molecule has 5 nitrogen and oxygen atoms in total. The Kier molecular flexibility index (Phi) is 4.66. The second kappa shape index (κ2) is 6.72. The molecule has 124 valence electrons. The first-order chi connectivity index (χ1) is 11.5. The van der Waals surface area contributed by atoms with Crippen molar-refractivity contribution in [2.24, 2.45) is 0 Å². The molecule has 2 aromatic carbocycles. The summed E-state index contributed by atoms with van der Waals surface area (Å²) in [7, 11) is -4.03. The number of benzene rings is 2. The quantitative estimate of drug-likeness (QED) is 0.755. The van der Waals surface area contributed by atoms with Crippen molar-refractivity contribution in [3.05, 3.63) is 77.3 Å². The summed E-state index contributed by atoms with van der Waals surface area (Å²) in [5.41, 5.74) is 1.36. The monoisotopic (exact) mass is 365 g/mol. The predicted molar refractivity (Wildman–Crippen MR) is 89.0 cm³/mol. The average Bonchev–Trinajstić information content (AvgIpc) is 3.05. The zero-order valence-electron chi connectivity index (χ0n) is 12.4. The highest BCUT2D eigenvalue weighted by atomic mass is 35.5. The highest BCUT2D eigenvalue weighted by molar-refractivity contribution is 7.89. The van der Waals surface area contributed by atoms with Gasteiger partial charge in [0.25, 0.3) is 0 Å². The third-order valence-corrected chi connectivity index (χ3v) is 5.02. The van der Waals surface area contributed by atoms with E-state index in [4.69, 9.17) is 11.6 Å². The molecule has 0 aliphatic carbocycles. The Morgan fingerprint density at radius 2 is 1.83 bits per heavy atom. The van der Waals surface area contributed by atoms with Gasteiger partial charge in [0.2, 0.25) is 10.0 Å². The summed E-state index contributed by atoms with van der Waals surface area (Å²) in [5.74, 6) is -0.971. The molecular weight excluding hydrogens is 353 g/mol. The minimum atomic E-state index is -4.03. The molecule has 8 heteroatoms. The molecule has 1 N–H and O–H groups in total. The minimum absolute atomic E-state index is 0.0614. The van der Waals surface area contributed by atoms with Gasteiger partial charge in [-0.25, -0.2) is 22.2 Å². The fourth-order valence-corrected chi connectivity index (χ4v) is 3.45. The molecule has 0 saturated heterocycles. The molecule has 0 bridgehead atoms. The molecule has 3 rings (SSSR count). The Hall–Kier alpha value is -2.22. The van der Waals surface area contributed by atoms with Gasteiger partial charge in [-0.1, -0.05) is 35.9 Å². The van der Waals surface area contributed by atoms with Crippen molar-refractivity contribution >= 4 is 21.6 Å². The van der Waals surface area contributed by atoms with Crippen LogP contribution in [0.1, 0.15) is 5.69 Å². The molecule has 1 heterocycles. The van der Waals surface area contributed by atoms with Gasteiger partial charge >= 0.3 is 0 Å². The maximum absolute atomic E-state index is 13.9. The molecule has 0 fully saturated rings. The zero-order valence-corrected chi connectivity index (χ0v) is 13.9. The summed E-state index contributed by atoms with van der Waals surface area (Å²) in [6, 6.07) is 14.9. The maximum atomic E-state index is 13.9. The lowest BCUT2D eigenvalue weighted by Crippen LogP contribution is -2.24. The summed E-state index contributed by atoms with van der Waals surface area (Å²) in [6.07, 6.45) is 1.72. The number of nitrogens with zero attached hydrogens (tertiary/aromatic N) is 2. The summed E-state index contributed by atoms with van der Waals surface area (Å²) in [6.45, 7) is -0.0614. The normalized spacial score (nSPS) is 11.6. The van der Waals surface area contributed by atoms with E-state index in [1.165, 1.54) is 12.1 Å². The van der Waals surface area contributed by atoms with Crippen LogP contribution < -0.4 is 4.72 Å². The molecule has 3 aromatic rings. The third kappa shape index (κ3) is 3.48. The van der Waals surface area contributed by atoms with Crippen LogP contribution in [0.2, 0.25) is 5.02 Å². The molecular formula is C16H13ClFN3O2S. The first kappa shape index (κ1) is 16.6. The van der Waals surface area contributed by atoms with Gasteiger partial charge in [0.1, 0.15) is 4.90 Å². The average molecular weight is 366 g/mol. The fourth-order valence-electron chi connectivity index (χ4n) is 2.12. The van der Waals surface area contributed by atoms with E-state index in [0.717, 1.165) is 11.8 Å². The fraction of sp³-hybridized carbons (Fsp3) is 0.0625. The van der Waals surface area contributed by atoms with Crippen LogP contribution in [0.3, 0.4) is 0 Å². The zero-order chi connectivity index (χ0) is 17.2. The first-order valence-electron chi connectivity index (χ1n) is 7.01. The summed E-state index contributed by atoms with van der Waals surface area (Å²) < 4.78 is 42.3. The van der Waals surface area contributed by atoms with Gasteiger partial charge in [0.05, 0.1) is 22.9 Å². The highest BCUT2D eigenvalue weighted by Crippen LogP contribution is 2.21. The van der Waals surface area contributed by atoms with E-state index in [2.05, 4.69) is 9.82 Å². The number of hydrogen-bond donors (Lipinski definition) is 1. The van der Waals surface area contributed by atoms with Gasteiger partial charge in [0, 0.05) is 6.20 Å². The Morgan fingerprint density at radius 1 is 1.08 bits per heavy atom. The number of hydrogen-bond acceptors (Lipinski definition) is 3. The molecule has 0 aliphatic heterocycles. The minimum Gasteiger partial charge on any atom is -0.241 e. The van der Waals surface area contributed by atoms with E-state index in [9.17, 15) is 12.8 Å². The van der Waals surface area contributed by atoms with E-state index in [0.29, 0.717) is 5.69 Å². The molecule has 0 radical (unpaired) electrons. The number of rotatable bonds is 5. The topological polar surface area (TPSA) is 64.0 Å². The largest absolute Gasteiger partial charge is 0.243 e. The van der Waals surface area contributed by atoms with E-state index in [-0.39, 0.29) is 11.6 Å². The number of aromatic nitrogens is 2. The lowest BCUT2D eigenvalue weighted by Gasteiger charge is -2.07. The van der Waals surface area contributed by atoms with Crippen LogP contribution in [0, 0.1) is 5.82 Å². The van der Waals surface area contributed by atoms with Crippen LogP contribution in [0.25, 0.3) is 5.69 Å². The molecule has 0 spiro atoms. The lowest BCUT2D eigenvalue weighted by molar-refractivity contribution is 0.556. The molecule has 0 unspecified atom stereocenters. The van der Waals surface area contributed by atoms with Crippen LogP contribution in [-0.4, -0.2) is 18.2 Å². The second-order valence-electron chi connectivity index (χ2n) is 4.96. The van der Waals surface area contributed by atoms with Crippen molar-refractivity contribution in [3.8, 4) is 5.69 Å². The van der Waals surface area contributed by atoms with Crippen molar-refractivity contribution in [1.29, 1.82) is 0 Å². The SMILES string of the molecule is O=S(=O)(NCc1ccn(-c2ccccc2)n1)c1cccc(Cl)c1F. The molecule has 0 amide bonds. The summed E-state index contributed by atoms with van der Waals surface area (Å²) >= 11 is 5.63. The van der Waals surface area contributed by atoms with Gasteiger partial charge in [-0.2, -0.15) is 5.10 Å². The van der Waals surface area contributed by atoms with Crippen LogP contribution in [0.5, 0.6) is 0 Å². The highest BCUT2D eigenvalue weighted by Gasteiger charge is 2.20. The van der Waals surface area contributed by atoms with Gasteiger partial charge in [-0.15, -0.1) is 0 Å². The number of nitrogens with one attached hydrogen (secondary N) is 1. The van der Waals surface area contributed by atoms with Crippen molar-refractivity contribution < 1.29 is 12.8 Å². The van der Waals surface area contributed by atoms with Gasteiger partial charge in [-0.3, -0.25) is 0 Å². The van der Waals surface area contributed by atoms with E-state index in [1.54, 1.807) is 16.9 Å². The number of halogens is 2. The second-order valence-corrected chi connectivity index (χ2v) is 7.11. The summed E-state index contributed by atoms with van der Waals surface area (Å²) in [5, 5.41) is 4.04. The van der Waals surface area contributed by atoms with Crippen LogP contribution >= 0.6 is 11.6 Å². The Morgan fingerprint density at radius 3 is 2.58 bits per heavy atom. The molecule has 0 saturated carbocycles. The third-order valence-electron chi connectivity index (χ3n) is 3.31. The van der Waals surface area contributed by atoms with Crippen LogP contribution in [0.15, 0.2) is 65.7 Å². The van der Waals surface area contributed by atoms with E-state index >= 15 is 0 Å². The predicted octanol–water partition coefficient (Wildman–Crippen LogP) is 3.14. The molecule has 1 aromatic heterocycles. The first-order valence-corrected chi connectivity index (χ1v) is 8.87. The van der Waals surface area contributed by atoms with Gasteiger partial charge in [-0.05, 0) is 30.3 Å². The maximum Gasteiger partial charge on any atom is 0.243 e. The number of para-hydroxylation sites is 1. The molecule has 0 atom stereocenters. The smallest absolute Gasteiger partial charge is 0.241 e.